The molecule has 1 saturated heterocycles. The minimum absolute atomic E-state index is 0.246. The minimum Gasteiger partial charge on any atom is -0.372 e. The fourth-order valence-corrected chi connectivity index (χ4v) is 4.33. The summed E-state index contributed by atoms with van der Waals surface area (Å²) in [6.07, 6.45) is 9.27. The Morgan fingerprint density at radius 1 is 1.38 bits per heavy atom. The summed E-state index contributed by atoms with van der Waals surface area (Å²) in [5.74, 6) is 3.39. The average molecular weight is 406 g/mol. The summed E-state index contributed by atoms with van der Waals surface area (Å²) in [7, 11) is 0. The molecule has 29 heavy (non-hydrogen) atoms. The maximum absolute atomic E-state index is 12.1. The number of benzene rings is 1. The lowest BCUT2D eigenvalue weighted by Crippen LogP contribution is -2.39. The summed E-state index contributed by atoms with van der Waals surface area (Å²) in [6.45, 7) is 2.55. The van der Waals surface area contributed by atoms with Crippen LogP contribution in [0.4, 0.5) is 16.3 Å². The summed E-state index contributed by atoms with van der Waals surface area (Å²) >= 11 is 1.33. The van der Waals surface area contributed by atoms with E-state index < -0.39 is 0 Å². The smallest absolute Gasteiger partial charge is 0.320 e. The number of terminal acetylenes is 1. The molecule has 1 aromatic carbocycles. The number of amides is 2. The van der Waals surface area contributed by atoms with Crippen molar-refractivity contribution < 1.29 is 4.79 Å². The van der Waals surface area contributed by atoms with Gasteiger partial charge in [-0.05, 0) is 55.2 Å². The molecular weight excluding hydrogens is 382 g/mol. The molecule has 148 valence electrons. The summed E-state index contributed by atoms with van der Waals surface area (Å²) in [5, 5.41) is 17.4. The number of nitriles is 1. The van der Waals surface area contributed by atoms with E-state index in [4.69, 9.17) is 6.42 Å². The molecule has 7 heteroatoms. The quantitative estimate of drug-likeness (QED) is 0.743. The number of hydrogen-bond acceptors (Lipinski definition) is 5. The summed E-state index contributed by atoms with van der Waals surface area (Å²) < 4.78 is 0. The van der Waals surface area contributed by atoms with E-state index in [1.165, 1.54) is 17.0 Å². The Bertz CT molecular complexity index is 974. The maximum Gasteiger partial charge on any atom is 0.320 e. The fraction of sp³-hybridized carbons (Fsp3) is 0.409. The number of carbonyl (C=O) groups excluding carboxylic acids is 1. The van der Waals surface area contributed by atoms with Crippen molar-refractivity contribution in [2.75, 3.05) is 29.9 Å². The van der Waals surface area contributed by atoms with E-state index in [9.17, 15) is 10.1 Å². The lowest BCUT2D eigenvalue weighted by atomic mass is 9.94. The topological polar surface area (TPSA) is 81.1 Å². The number of hydrogen-bond donors (Lipinski definition) is 2. The fourth-order valence-electron chi connectivity index (χ4n) is 3.78. The zero-order valence-electron chi connectivity index (χ0n) is 16.1. The lowest BCUT2D eigenvalue weighted by molar-refractivity contribution is 0.248. The Balaban J connectivity index is 1.25. The third kappa shape index (κ3) is 4.36. The maximum atomic E-state index is 12.1. The van der Waals surface area contributed by atoms with Crippen LogP contribution in [0.3, 0.4) is 0 Å². The van der Waals surface area contributed by atoms with E-state index in [1.54, 1.807) is 5.38 Å². The van der Waals surface area contributed by atoms with Crippen LogP contribution in [0.1, 0.15) is 36.3 Å². The van der Waals surface area contributed by atoms with Crippen molar-refractivity contribution in [2.24, 2.45) is 5.92 Å². The zero-order valence-corrected chi connectivity index (χ0v) is 17.0. The molecule has 0 unspecified atom stereocenters. The van der Waals surface area contributed by atoms with Gasteiger partial charge in [0.15, 0.2) is 5.01 Å². The summed E-state index contributed by atoms with van der Waals surface area (Å²) in [4.78, 5) is 18.6. The average Bonchev–Trinajstić information content (AvgIpc) is 3.45. The number of anilines is 2. The first-order valence-corrected chi connectivity index (χ1v) is 10.7. The number of aromatic nitrogens is 1. The van der Waals surface area contributed by atoms with Crippen molar-refractivity contribution in [1.82, 2.24) is 10.3 Å². The number of carbonyl (C=O) groups is 1. The molecule has 1 aliphatic carbocycles. The van der Waals surface area contributed by atoms with Crippen molar-refractivity contribution in [3.63, 3.8) is 0 Å². The van der Waals surface area contributed by atoms with Gasteiger partial charge in [-0.25, -0.2) is 9.78 Å². The van der Waals surface area contributed by atoms with E-state index in [0.29, 0.717) is 23.3 Å². The van der Waals surface area contributed by atoms with E-state index in [2.05, 4.69) is 56.8 Å². The number of urea groups is 1. The van der Waals surface area contributed by atoms with Crippen LogP contribution in [0.25, 0.3) is 0 Å². The van der Waals surface area contributed by atoms with Crippen LogP contribution in [0.2, 0.25) is 0 Å². The highest BCUT2D eigenvalue weighted by Crippen LogP contribution is 2.48. The molecule has 6 nitrogen and oxygen atoms in total. The van der Waals surface area contributed by atoms with Gasteiger partial charge in [-0.15, -0.1) is 17.8 Å². The predicted molar refractivity (Wildman–Crippen MR) is 115 cm³/mol. The molecule has 1 aliphatic heterocycles. The predicted octanol–water partition coefficient (Wildman–Crippen LogP) is 3.72. The summed E-state index contributed by atoms with van der Waals surface area (Å²) in [6, 6.07) is 10.7. The van der Waals surface area contributed by atoms with Crippen LogP contribution in [-0.2, 0) is 5.41 Å². The van der Waals surface area contributed by atoms with Crippen molar-refractivity contribution in [3.8, 4) is 18.4 Å². The molecule has 2 fully saturated rings. The second-order valence-electron chi connectivity index (χ2n) is 7.69. The molecule has 0 atom stereocenters. The second kappa shape index (κ2) is 8.14. The van der Waals surface area contributed by atoms with Gasteiger partial charge in [0.1, 0.15) is 5.82 Å². The van der Waals surface area contributed by atoms with Gasteiger partial charge in [-0.3, -0.25) is 5.32 Å². The Morgan fingerprint density at radius 2 is 2.17 bits per heavy atom. The highest BCUT2D eigenvalue weighted by molar-refractivity contribution is 7.10. The van der Waals surface area contributed by atoms with E-state index in [0.717, 1.165) is 44.3 Å². The molecule has 1 aromatic heterocycles. The molecule has 2 aliphatic rings. The third-order valence-corrected chi connectivity index (χ3v) is 6.54. The molecule has 1 saturated carbocycles. The van der Waals surface area contributed by atoms with Gasteiger partial charge in [0.25, 0.3) is 0 Å². The largest absolute Gasteiger partial charge is 0.372 e. The van der Waals surface area contributed by atoms with Gasteiger partial charge in [0.05, 0.1) is 11.5 Å². The first kappa shape index (κ1) is 19.3. The van der Waals surface area contributed by atoms with Gasteiger partial charge >= 0.3 is 6.03 Å². The molecule has 2 N–H and O–H groups in total. The zero-order chi connectivity index (χ0) is 20.3. The van der Waals surface area contributed by atoms with Gasteiger partial charge in [0.2, 0.25) is 0 Å². The van der Waals surface area contributed by atoms with Crippen LogP contribution in [0.5, 0.6) is 0 Å². The van der Waals surface area contributed by atoms with Crippen molar-refractivity contribution in [1.29, 1.82) is 5.26 Å². The van der Waals surface area contributed by atoms with Crippen LogP contribution < -0.4 is 15.5 Å². The molecule has 2 amide bonds. The third-order valence-electron chi connectivity index (χ3n) is 5.76. The second-order valence-corrected chi connectivity index (χ2v) is 8.55. The molecule has 0 bridgehead atoms. The van der Waals surface area contributed by atoms with E-state index >= 15 is 0 Å². The number of nitrogens with zero attached hydrogens (tertiary/aromatic N) is 3. The highest BCUT2D eigenvalue weighted by Gasteiger charge is 2.45. The van der Waals surface area contributed by atoms with Crippen molar-refractivity contribution in [3.05, 3.63) is 40.2 Å². The molecule has 0 spiro atoms. The molecule has 4 rings (SSSR count). The van der Waals surface area contributed by atoms with Crippen molar-refractivity contribution in [2.45, 2.75) is 31.1 Å². The molecule has 0 radical (unpaired) electrons. The number of nitrogens with one attached hydrogen (secondary N) is 2. The van der Waals surface area contributed by atoms with Crippen LogP contribution >= 0.6 is 11.3 Å². The first-order chi connectivity index (χ1) is 14.1. The lowest BCUT2D eigenvalue weighted by Gasteiger charge is -2.34. The molecular formula is C22H23N5OS. The number of thiazole rings is 1. The highest BCUT2D eigenvalue weighted by atomic mass is 32.1. The monoisotopic (exact) mass is 405 g/mol. The SMILES string of the molecule is C#Cc1nc(NC(=O)NCC2CCN(c3cccc(C4(C#N)CC4)c3)CC2)cs1. The minimum atomic E-state index is -0.250. The molecule has 2 aromatic rings. The number of piperidine rings is 1. The Kier molecular flexibility index (Phi) is 5.42. The first-order valence-electron chi connectivity index (χ1n) is 9.85. The molecule has 2 heterocycles. The summed E-state index contributed by atoms with van der Waals surface area (Å²) in [5.41, 5.74) is 2.10. The van der Waals surface area contributed by atoms with E-state index in [1.807, 2.05) is 0 Å². The normalized spacial score (nSPS) is 17.8. The van der Waals surface area contributed by atoms with Crippen LogP contribution in [-0.4, -0.2) is 30.6 Å². The number of rotatable bonds is 5. The Hall–Kier alpha value is -3.03. The Labute approximate surface area is 174 Å². The Morgan fingerprint density at radius 3 is 2.83 bits per heavy atom. The van der Waals surface area contributed by atoms with Gasteiger partial charge in [0, 0.05) is 30.7 Å². The van der Waals surface area contributed by atoms with Gasteiger partial charge in [-0.1, -0.05) is 12.1 Å². The van der Waals surface area contributed by atoms with Gasteiger partial charge < -0.3 is 10.2 Å². The van der Waals surface area contributed by atoms with Gasteiger partial charge in [-0.2, -0.15) is 5.26 Å². The van der Waals surface area contributed by atoms with Crippen LogP contribution in [0.15, 0.2) is 29.6 Å². The van der Waals surface area contributed by atoms with E-state index in [-0.39, 0.29) is 11.4 Å². The standard InChI is InChI=1S/C22H23N5OS/c1-2-20-25-19(14-29-20)26-21(28)24-13-16-6-10-27(11-7-16)18-5-3-4-17(12-18)22(15-23)8-9-22/h1,3-5,12,14,16H,6-11,13H2,(H2,24,26,28). The van der Waals surface area contributed by atoms with Crippen LogP contribution in [0, 0.1) is 29.6 Å². The van der Waals surface area contributed by atoms with Crippen molar-refractivity contribution >= 4 is 28.9 Å².